The Morgan fingerprint density at radius 1 is 1.28 bits per heavy atom. The van der Waals surface area contributed by atoms with Crippen LogP contribution in [0.4, 0.5) is 10.7 Å². The number of fused-ring (bicyclic) bond motifs is 1. The maximum absolute atomic E-state index is 12.6. The van der Waals surface area contributed by atoms with Crippen LogP contribution in [0.5, 0.6) is 5.75 Å². The number of aromatic hydroxyl groups is 1. The summed E-state index contributed by atoms with van der Waals surface area (Å²) in [6, 6.07) is 9.54. The van der Waals surface area contributed by atoms with Crippen LogP contribution < -0.4 is 10.2 Å². The Morgan fingerprint density at radius 3 is 2.69 bits per heavy atom. The summed E-state index contributed by atoms with van der Waals surface area (Å²) in [5.74, 6) is 0.859. The van der Waals surface area contributed by atoms with E-state index in [-0.39, 0.29) is 11.7 Å². The Hall–Kier alpha value is -2.56. The number of amides is 1. The molecule has 1 aromatic carbocycles. The van der Waals surface area contributed by atoms with Gasteiger partial charge in [0.1, 0.15) is 16.8 Å². The van der Waals surface area contributed by atoms with Gasteiger partial charge in [0, 0.05) is 36.7 Å². The van der Waals surface area contributed by atoms with Crippen molar-refractivity contribution in [2.75, 3.05) is 42.9 Å². The lowest BCUT2D eigenvalue weighted by Crippen LogP contribution is -2.48. The number of nitriles is 1. The highest BCUT2D eigenvalue weighted by Crippen LogP contribution is 2.39. The minimum absolute atomic E-state index is 0.0498. The van der Waals surface area contributed by atoms with Crippen molar-refractivity contribution < 1.29 is 9.90 Å². The molecule has 0 spiro atoms. The van der Waals surface area contributed by atoms with Crippen LogP contribution in [0.25, 0.3) is 0 Å². The van der Waals surface area contributed by atoms with Crippen molar-refractivity contribution in [2.24, 2.45) is 5.92 Å². The highest BCUT2D eigenvalue weighted by atomic mass is 32.1. The van der Waals surface area contributed by atoms with Gasteiger partial charge >= 0.3 is 0 Å². The molecule has 1 saturated heterocycles. The van der Waals surface area contributed by atoms with E-state index >= 15 is 0 Å². The Kier molecular flexibility index (Phi) is 5.74. The highest BCUT2D eigenvalue weighted by molar-refractivity contribution is 7.16. The van der Waals surface area contributed by atoms with Gasteiger partial charge in [-0.1, -0.05) is 6.92 Å². The van der Waals surface area contributed by atoms with E-state index in [2.05, 4.69) is 28.1 Å². The Morgan fingerprint density at radius 2 is 2.00 bits per heavy atom. The lowest BCUT2D eigenvalue weighted by atomic mass is 9.89. The summed E-state index contributed by atoms with van der Waals surface area (Å²) in [7, 11) is 0. The third-order valence-corrected chi connectivity index (χ3v) is 7.00. The van der Waals surface area contributed by atoms with Crippen LogP contribution in [0.3, 0.4) is 0 Å². The summed E-state index contributed by atoms with van der Waals surface area (Å²) in [6.45, 7) is 5.87. The molecule has 1 fully saturated rings. The molecule has 2 aliphatic rings. The smallest absolute Gasteiger partial charge is 0.239 e. The first-order valence-corrected chi connectivity index (χ1v) is 11.0. The second-order valence-electron chi connectivity index (χ2n) is 8.00. The Balaban J connectivity index is 1.33. The molecule has 2 N–H and O–H groups in total. The van der Waals surface area contributed by atoms with Gasteiger partial charge in [0.15, 0.2) is 0 Å². The second kappa shape index (κ2) is 8.44. The molecule has 0 bridgehead atoms. The van der Waals surface area contributed by atoms with Gasteiger partial charge in [0.05, 0.1) is 12.1 Å². The summed E-state index contributed by atoms with van der Waals surface area (Å²) < 4.78 is 0. The number of phenolic OH excluding ortho intramolecular Hbond substituents is 1. The van der Waals surface area contributed by atoms with Crippen molar-refractivity contribution in [1.29, 1.82) is 5.26 Å². The number of nitrogens with zero attached hydrogens (tertiary/aromatic N) is 3. The molecule has 1 aliphatic heterocycles. The van der Waals surface area contributed by atoms with Crippen LogP contribution in [0.1, 0.15) is 29.3 Å². The number of benzene rings is 1. The standard InChI is InChI=1S/C22H26N4O2S/c1-15-2-7-18-19(13-23)22(29-20(18)12-15)24-21(28)14-25-8-10-26(11-9-25)16-3-5-17(27)6-4-16/h3-6,15,27H,2,7-12,14H2,1H3,(H,24,28)/t15-/m1/s1. The number of hydrogen-bond donors (Lipinski definition) is 2. The number of thiophene rings is 1. The molecular formula is C22H26N4O2S. The van der Waals surface area contributed by atoms with E-state index in [1.807, 2.05) is 12.1 Å². The fourth-order valence-electron chi connectivity index (χ4n) is 4.15. The molecule has 1 aliphatic carbocycles. The third-order valence-electron chi connectivity index (χ3n) is 5.83. The van der Waals surface area contributed by atoms with Crippen LogP contribution in [0.2, 0.25) is 0 Å². The molecule has 0 unspecified atom stereocenters. The van der Waals surface area contributed by atoms with Crippen molar-refractivity contribution >= 4 is 27.9 Å². The van der Waals surface area contributed by atoms with Crippen molar-refractivity contribution in [2.45, 2.75) is 26.2 Å². The van der Waals surface area contributed by atoms with Gasteiger partial charge in [-0.3, -0.25) is 9.69 Å². The number of piperazine rings is 1. The molecule has 2 heterocycles. The van der Waals surface area contributed by atoms with Crippen LogP contribution in [-0.2, 0) is 17.6 Å². The molecular weight excluding hydrogens is 384 g/mol. The van der Waals surface area contributed by atoms with Crippen molar-refractivity contribution in [3.8, 4) is 11.8 Å². The summed E-state index contributed by atoms with van der Waals surface area (Å²) in [6.07, 6.45) is 3.05. The number of nitrogens with one attached hydrogen (secondary N) is 1. The maximum Gasteiger partial charge on any atom is 0.239 e. The van der Waals surface area contributed by atoms with Crippen molar-refractivity contribution in [3.05, 3.63) is 40.3 Å². The minimum Gasteiger partial charge on any atom is -0.508 e. The fraction of sp³-hybridized carbons (Fsp3) is 0.455. The topological polar surface area (TPSA) is 79.6 Å². The van der Waals surface area contributed by atoms with E-state index in [0.717, 1.165) is 61.7 Å². The molecule has 1 amide bonds. The molecule has 1 aromatic heterocycles. The monoisotopic (exact) mass is 410 g/mol. The average molecular weight is 411 g/mol. The molecule has 0 saturated carbocycles. The lowest BCUT2D eigenvalue weighted by molar-refractivity contribution is -0.117. The average Bonchev–Trinajstić information content (AvgIpc) is 3.05. The number of rotatable bonds is 4. The van der Waals surface area contributed by atoms with Gasteiger partial charge in [-0.2, -0.15) is 5.26 Å². The van der Waals surface area contributed by atoms with E-state index in [9.17, 15) is 15.2 Å². The third kappa shape index (κ3) is 4.39. The highest BCUT2D eigenvalue weighted by Gasteiger charge is 2.25. The first-order valence-electron chi connectivity index (χ1n) is 10.1. The predicted molar refractivity (Wildman–Crippen MR) is 116 cm³/mol. The van der Waals surface area contributed by atoms with Gasteiger partial charge in [-0.25, -0.2) is 0 Å². The number of anilines is 2. The zero-order valence-electron chi connectivity index (χ0n) is 16.6. The molecule has 2 aromatic rings. The molecule has 29 heavy (non-hydrogen) atoms. The number of carbonyl (C=O) groups excluding carboxylic acids is 1. The zero-order chi connectivity index (χ0) is 20.4. The van der Waals surface area contributed by atoms with E-state index in [1.54, 1.807) is 23.5 Å². The number of carbonyl (C=O) groups is 1. The summed E-state index contributed by atoms with van der Waals surface area (Å²) in [4.78, 5) is 18.3. The van der Waals surface area contributed by atoms with Gasteiger partial charge in [-0.15, -0.1) is 11.3 Å². The molecule has 7 heteroatoms. The number of hydrogen-bond acceptors (Lipinski definition) is 6. The SMILES string of the molecule is C[C@@H]1CCc2c(sc(NC(=O)CN3CCN(c4ccc(O)cc4)CC3)c2C#N)C1. The normalized spacial score (nSPS) is 19.4. The summed E-state index contributed by atoms with van der Waals surface area (Å²) in [5.41, 5.74) is 2.90. The Labute approximate surface area is 175 Å². The van der Waals surface area contributed by atoms with E-state index in [4.69, 9.17) is 0 Å². The van der Waals surface area contributed by atoms with Crippen LogP contribution in [0, 0.1) is 17.2 Å². The number of phenols is 1. The van der Waals surface area contributed by atoms with Crippen LogP contribution in [0.15, 0.2) is 24.3 Å². The molecule has 6 nitrogen and oxygen atoms in total. The first kappa shape index (κ1) is 19.7. The Bertz CT molecular complexity index is 924. The van der Waals surface area contributed by atoms with Crippen LogP contribution in [-0.4, -0.2) is 48.6 Å². The molecule has 1 atom stereocenters. The van der Waals surface area contributed by atoms with Gasteiger partial charge in [-0.05, 0) is 55.0 Å². The van der Waals surface area contributed by atoms with E-state index in [0.29, 0.717) is 18.0 Å². The molecule has 4 rings (SSSR count). The van der Waals surface area contributed by atoms with Gasteiger partial charge in [0.25, 0.3) is 0 Å². The van der Waals surface area contributed by atoms with Crippen LogP contribution >= 0.6 is 11.3 Å². The first-order chi connectivity index (χ1) is 14.0. The quantitative estimate of drug-likeness (QED) is 0.809. The van der Waals surface area contributed by atoms with E-state index in [1.165, 1.54) is 4.88 Å². The zero-order valence-corrected chi connectivity index (χ0v) is 17.5. The van der Waals surface area contributed by atoms with Crippen molar-refractivity contribution in [3.63, 3.8) is 0 Å². The molecule has 152 valence electrons. The predicted octanol–water partition coefficient (Wildman–Crippen LogP) is 3.21. The minimum atomic E-state index is -0.0498. The van der Waals surface area contributed by atoms with Gasteiger partial charge in [0.2, 0.25) is 5.91 Å². The summed E-state index contributed by atoms with van der Waals surface area (Å²) in [5, 5.41) is 22.7. The lowest BCUT2D eigenvalue weighted by Gasteiger charge is -2.35. The summed E-state index contributed by atoms with van der Waals surface area (Å²) >= 11 is 1.58. The van der Waals surface area contributed by atoms with E-state index < -0.39 is 0 Å². The van der Waals surface area contributed by atoms with Crippen molar-refractivity contribution in [1.82, 2.24) is 4.90 Å². The van der Waals surface area contributed by atoms with Gasteiger partial charge < -0.3 is 15.3 Å². The second-order valence-corrected chi connectivity index (χ2v) is 9.10. The maximum atomic E-state index is 12.6. The fourth-order valence-corrected chi connectivity index (χ4v) is 5.53. The largest absolute Gasteiger partial charge is 0.508 e. The molecule has 0 radical (unpaired) electrons.